The number of nitrogens with one attached hydrogen (secondary N) is 1. The number of carbonyl (C=O) groups excluding carboxylic acids is 1. The summed E-state index contributed by atoms with van der Waals surface area (Å²) < 4.78 is 6.65. The molecule has 3 aromatic rings. The quantitative estimate of drug-likeness (QED) is 0.556. The van der Waals surface area contributed by atoms with E-state index >= 15 is 0 Å². The van der Waals surface area contributed by atoms with Crippen LogP contribution in [0.2, 0.25) is 5.02 Å². The molecular formula is C16H13ClN4O4. The fourth-order valence-electron chi connectivity index (χ4n) is 2.38. The number of nitro benzene ring substituents is 1. The fraction of sp³-hybridized carbons (Fsp3) is 0.125. The minimum Gasteiger partial charge on any atom is -0.490 e. The number of fused-ring (bicyclic) bond motifs is 1. The molecule has 1 N–H and O–H groups in total. The Hall–Kier alpha value is -3.13. The number of carbonyl (C=O) groups is 1. The van der Waals surface area contributed by atoms with Gasteiger partial charge in [-0.3, -0.25) is 14.9 Å². The second kappa shape index (κ2) is 6.78. The Balaban J connectivity index is 1.75. The van der Waals surface area contributed by atoms with Crippen LogP contribution >= 0.6 is 11.6 Å². The number of methoxy groups -OCH3 is 1. The van der Waals surface area contributed by atoms with E-state index in [1.54, 1.807) is 28.9 Å². The molecule has 0 saturated carbocycles. The average molecular weight is 361 g/mol. The second-order valence-electron chi connectivity index (χ2n) is 5.21. The van der Waals surface area contributed by atoms with E-state index in [1.807, 2.05) is 0 Å². The van der Waals surface area contributed by atoms with E-state index in [0.717, 1.165) is 0 Å². The number of benzene rings is 1. The highest BCUT2D eigenvalue weighted by molar-refractivity contribution is 6.30. The number of ether oxygens (including phenoxy) is 1. The molecule has 0 radical (unpaired) electrons. The van der Waals surface area contributed by atoms with Crippen molar-refractivity contribution in [3.05, 3.63) is 63.6 Å². The van der Waals surface area contributed by atoms with Crippen molar-refractivity contribution in [3.63, 3.8) is 0 Å². The Morgan fingerprint density at radius 3 is 2.88 bits per heavy atom. The van der Waals surface area contributed by atoms with E-state index in [0.29, 0.717) is 22.1 Å². The molecule has 0 aliphatic carbocycles. The molecule has 0 aliphatic heterocycles. The highest BCUT2D eigenvalue weighted by atomic mass is 35.5. The molecule has 0 atom stereocenters. The molecular weight excluding hydrogens is 348 g/mol. The van der Waals surface area contributed by atoms with Gasteiger partial charge in [0.15, 0.2) is 5.75 Å². The number of pyridine rings is 1. The van der Waals surface area contributed by atoms with Crippen LogP contribution in [-0.2, 0) is 11.2 Å². The molecule has 0 fully saturated rings. The van der Waals surface area contributed by atoms with E-state index in [-0.39, 0.29) is 23.8 Å². The van der Waals surface area contributed by atoms with Gasteiger partial charge in [-0.25, -0.2) is 4.98 Å². The Morgan fingerprint density at radius 2 is 2.16 bits per heavy atom. The van der Waals surface area contributed by atoms with Crippen molar-refractivity contribution in [2.75, 3.05) is 12.4 Å². The summed E-state index contributed by atoms with van der Waals surface area (Å²) >= 11 is 5.91. The zero-order valence-electron chi connectivity index (χ0n) is 13.1. The number of aromatic nitrogens is 2. The topological polar surface area (TPSA) is 98.8 Å². The predicted molar refractivity (Wildman–Crippen MR) is 92.2 cm³/mol. The van der Waals surface area contributed by atoms with E-state index < -0.39 is 4.92 Å². The fourth-order valence-corrected chi connectivity index (χ4v) is 2.55. The third-order valence-corrected chi connectivity index (χ3v) is 3.69. The maximum absolute atomic E-state index is 12.2. The van der Waals surface area contributed by atoms with E-state index in [1.165, 1.54) is 25.3 Å². The number of nitro groups is 1. The molecule has 0 unspecified atom stereocenters. The van der Waals surface area contributed by atoms with E-state index in [9.17, 15) is 14.9 Å². The molecule has 128 valence electrons. The number of rotatable bonds is 5. The maximum atomic E-state index is 12.2. The van der Waals surface area contributed by atoms with Gasteiger partial charge in [0, 0.05) is 24.1 Å². The SMILES string of the molecule is COc1ccc(NC(=O)Cc2cn3cc(Cl)ccc3n2)cc1[N+](=O)[O-]. The average Bonchev–Trinajstić information content (AvgIpc) is 2.95. The van der Waals surface area contributed by atoms with Gasteiger partial charge in [-0.2, -0.15) is 0 Å². The smallest absolute Gasteiger partial charge is 0.312 e. The van der Waals surface area contributed by atoms with Gasteiger partial charge in [-0.1, -0.05) is 11.6 Å². The number of nitrogens with zero attached hydrogens (tertiary/aromatic N) is 3. The van der Waals surface area contributed by atoms with Gasteiger partial charge in [0.05, 0.1) is 29.2 Å². The van der Waals surface area contributed by atoms with Crippen LogP contribution in [0.3, 0.4) is 0 Å². The number of hydrogen-bond acceptors (Lipinski definition) is 5. The van der Waals surface area contributed by atoms with Crippen molar-refractivity contribution >= 4 is 34.5 Å². The van der Waals surface area contributed by atoms with Crippen molar-refractivity contribution in [2.24, 2.45) is 0 Å². The minimum atomic E-state index is -0.569. The third kappa shape index (κ3) is 3.69. The molecule has 9 heteroatoms. The molecule has 0 bridgehead atoms. The van der Waals surface area contributed by atoms with Crippen molar-refractivity contribution < 1.29 is 14.5 Å². The standard InChI is InChI=1S/C16H13ClN4O4/c1-25-14-4-3-11(6-13(14)21(23)24)19-16(22)7-12-9-20-8-10(17)2-5-15(20)18-12/h2-6,8-9H,7H2,1H3,(H,19,22). The normalized spacial score (nSPS) is 10.6. The molecule has 2 heterocycles. The number of halogens is 1. The van der Waals surface area contributed by atoms with Gasteiger partial charge < -0.3 is 14.5 Å². The summed E-state index contributed by atoms with van der Waals surface area (Å²) in [6.45, 7) is 0. The summed E-state index contributed by atoms with van der Waals surface area (Å²) in [7, 11) is 1.34. The van der Waals surface area contributed by atoms with Crippen LogP contribution in [0.4, 0.5) is 11.4 Å². The van der Waals surface area contributed by atoms with Gasteiger partial charge in [-0.15, -0.1) is 0 Å². The van der Waals surface area contributed by atoms with Crippen molar-refractivity contribution in [1.29, 1.82) is 0 Å². The lowest BCUT2D eigenvalue weighted by atomic mass is 10.2. The van der Waals surface area contributed by atoms with Crippen molar-refractivity contribution in [3.8, 4) is 5.75 Å². The Bertz CT molecular complexity index is 970. The monoisotopic (exact) mass is 360 g/mol. The Morgan fingerprint density at radius 1 is 1.36 bits per heavy atom. The summed E-state index contributed by atoms with van der Waals surface area (Å²) in [5, 5.41) is 14.2. The van der Waals surface area contributed by atoms with Crippen LogP contribution in [0.5, 0.6) is 5.75 Å². The highest BCUT2D eigenvalue weighted by Gasteiger charge is 2.16. The first-order valence-corrected chi connectivity index (χ1v) is 7.59. The third-order valence-electron chi connectivity index (χ3n) is 3.47. The Kier molecular flexibility index (Phi) is 4.53. The summed E-state index contributed by atoms with van der Waals surface area (Å²) in [6.07, 6.45) is 3.43. The minimum absolute atomic E-state index is 0.0269. The van der Waals surface area contributed by atoms with Crippen LogP contribution in [0.1, 0.15) is 5.69 Å². The molecule has 0 spiro atoms. The zero-order chi connectivity index (χ0) is 18.0. The molecule has 25 heavy (non-hydrogen) atoms. The highest BCUT2D eigenvalue weighted by Crippen LogP contribution is 2.29. The lowest BCUT2D eigenvalue weighted by Gasteiger charge is -2.06. The van der Waals surface area contributed by atoms with Crippen LogP contribution in [0.15, 0.2) is 42.7 Å². The number of imidazole rings is 1. The summed E-state index contributed by atoms with van der Waals surface area (Å²) in [4.78, 5) is 27.0. The van der Waals surface area contributed by atoms with Crippen LogP contribution in [0, 0.1) is 10.1 Å². The predicted octanol–water partition coefficient (Wildman–Crippen LogP) is 3.09. The second-order valence-corrected chi connectivity index (χ2v) is 5.65. The van der Waals surface area contributed by atoms with Gasteiger partial charge in [0.25, 0.3) is 0 Å². The maximum Gasteiger partial charge on any atom is 0.312 e. The number of hydrogen-bond donors (Lipinski definition) is 1. The first-order chi connectivity index (χ1) is 12.0. The van der Waals surface area contributed by atoms with Gasteiger partial charge in [-0.05, 0) is 24.3 Å². The first kappa shape index (κ1) is 16.7. The van der Waals surface area contributed by atoms with Crippen molar-refractivity contribution in [2.45, 2.75) is 6.42 Å². The molecule has 1 amide bonds. The Labute approximate surface area is 147 Å². The first-order valence-electron chi connectivity index (χ1n) is 7.21. The molecule has 3 rings (SSSR count). The molecule has 8 nitrogen and oxygen atoms in total. The molecule has 2 aromatic heterocycles. The molecule has 0 saturated heterocycles. The lowest BCUT2D eigenvalue weighted by Crippen LogP contribution is -2.14. The summed E-state index contributed by atoms with van der Waals surface area (Å²) in [5.41, 5.74) is 1.32. The lowest BCUT2D eigenvalue weighted by molar-refractivity contribution is -0.385. The van der Waals surface area contributed by atoms with Crippen molar-refractivity contribution in [1.82, 2.24) is 9.38 Å². The van der Waals surface area contributed by atoms with Crippen LogP contribution in [-0.4, -0.2) is 27.3 Å². The van der Waals surface area contributed by atoms with E-state index in [4.69, 9.17) is 16.3 Å². The largest absolute Gasteiger partial charge is 0.490 e. The summed E-state index contributed by atoms with van der Waals surface area (Å²) in [5.74, 6) is -0.214. The van der Waals surface area contributed by atoms with Crippen LogP contribution < -0.4 is 10.1 Å². The van der Waals surface area contributed by atoms with Crippen LogP contribution in [0.25, 0.3) is 5.65 Å². The van der Waals surface area contributed by atoms with Gasteiger partial charge in [0.1, 0.15) is 5.65 Å². The van der Waals surface area contributed by atoms with Gasteiger partial charge in [0.2, 0.25) is 5.91 Å². The number of amides is 1. The number of anilines is 1. The van der Waals surface area contributed by atoms with E-state index in [2.05, 4.69) is 10.3 Å². The molecule has 0 aliphatic rings. The zero-order valence-corrected chi connectivity index (χ0v) is 13.9. The summed E-state index contributed by atoms with van der Waals surface area (Å²) in [6, 6.07) is 7.68. The van der Waals surface area contributed by atoms with Gasteiger partial charge >= 0.3 is 5.69 Å². The molecule has 1 aromatic carbocycles.